The van der Waals surface area contributed by atoms with E-state index in [4.69, 9.17) is 32.9 Å². The van der Waals surface area contributed by atoms with Crippen LogP contribution in [0.15, 0.2) is 18.2 Å². The maximum atomic E-state index is 6.28. The van der Waals surface area contributed by atoms with Crippen LogP contribution >= 0.6 is 23.2 Å². The van der Waals surface area contributed by atoms with Crippen LogP contribution in [0.25, 0.3) is 11.0 Å². The van der Waals surface area contributed by atoms with Crippen molar-refractivity contribution in [2.24, 2.45) is 5.92 Å². The van der Waals surface area contributed by atoms with E-state index in [2.05, 4.69) is 17.6 Å². The molecule has 0 aliphatic carbocycles. The van der Waals surface area contributed by atoms with Crippen molar-refractivity contribution in [3.05, 3.63) is 29.0 Å². The van der Waals surface area contributed by atoms with Gasteiger partial charge in [-0.1, -0.05) is 24.6 Å². The second kappa shape index (κ2) is 6.55. The Morgan fingerprint density at radius 1 is 1.43 bits per heavy atom. The predicted octanol–water partition coefficient (Wildman–Crippen LogP) is 4.29. The SMILES string of the molecule is CCC1OCCC1Cn1c(CCCl)nc2c(Cl)cccc21. The molecule has 5 heteroatoms. The third-order valence-electron chi connectivity index (χ3n) is 4.29. The number of hydrogen-bond donors (Lipinski definition) is 0. The Morgan fingerprint density at radius 3 is 3.05 bits per heavy atom. The van der Waals surface area contributed by atoms with Crippen LogP contribution in [0.1, 0.15) is 25.6 Å². The van der Waals surface area contributed by atoms with Crippen LogP contribution in [-0.4, -0.2) is 28.1 Å². The van der Waals surface area contributed by atoms with Gasteiger partial charge in [-0.3, -0.25) is 0 Å². The van der Waals surface area contributed by atoms with Crippen LogP contribution in [0.3, 0.4) is 0 Å². The van der Waals surface area contributed by atoms with Crippen molar-refractivity contribution in [3.63, 3.8) is 0 Å². The molecule has 0 bridgehead atoms. The van der Waals surface area contributed by atoms with Crippen LogP contribution in [0.4, 0.5) is 0 Å². The summed E-state index contributed by atoms with van der Waals surface area (Å²) in [5.74, 6) is 2.13. The minimum atomic E-state index is 0.352. The summed E-state index contributed by atoms with van der Waals surface area (Å²) in [5, 5.41) is 0.705. The molecule has 0 N–H and O–H groups in total. The summed E-state index contributed by atoms with van der Waals surface area (Å²) in [6, 6.07) is 5.96. The molecule has 21 heavy (non-hydrogen) atoms. The summed E-state index contributed by atoms with van der Waals surface area (Å²) < 4.78 is 8.10. The van der Waals surface area contributed by atoms with Gasteiger partial charge in [0.15, 0.2) is 0 Å². The minimum Gasteiger partial charge on any atom is -0.378 e. The van der Waals surface area contributed by atoms with Crippen molar-refractivity contribution in [2.75, 3.05) is 12.5 Å². The van der Waals surface area contributed by atoms with Gasteiger partial charge in [-0.15, -0.1) is 11.6 Å². The van der Waals surface area contributed by atoms with Gasteiger partial charge in [0.2, 0.25) is 0 Å². The molecular formula is C16H20Cl2N2O. The van der Waals surface area contributed by atoms with Crippen LogP contribution in [0.5, 0.6) is 0 Å². The fraction of sp³-hybridized carbons (Fsp3) is 0.562. The van der Waals surface area contributed by atoms with Gasteiger partial charge in [-0.2, -0.15) is 0 Å². The molecule has 2 heterocycles. The van der Waals surface area contributed by atoms with Crippen molar-refractivity contribution in [1.82, 2.24) is 9.55 Å². The zero-order chi connectivity index (χ0) is 14.8. The largest absolute Gasteiger partial charge is 0.378 e. The number of imidazole rings is 1. The molecule has 0 radical (unpaired) electrons. The average Bonchev–Trinajstić information content (AvgIpc) is 3.06. The summed E-state index contributed by atoms with van der Waals surface area (Å²) in [6.45, 7) is 3.98. The molecule has 1 fully saturated rings. The maximum Gasteiger partial charge on any atom is 0.111 e. The van der Waals surface area contributed by atoms with E-state index in [1.54, 1.807) is 0 Å². The normalized spacial score (nSPS) is 22.2. The second-order valence-corrected chi connectivity index (χ2v) is 6.34. The number of aromatic nitrogens is 2. The Labute approximate surface area is 135 Å². The van der Waals surface area contributed by atoms with E-state index in [0.717, 1.165) is 49.3 Å². The highest BCUT2D eigenvalue weighted by atomic mass is 35.5. The predicted molar refractivity (Wildman–Crippen MR) is 87.3 cm³/mol. The smallest absolute Gasteiger partial charge is 0.111 e. The third kappa shape index (κ3) is 2.92. The molecule has 114 valence electrons. The molecule has 1 aromatic carbocycles. The first-order chi connectivity index (χ1) is 10.2. The minimum absolute atomic E-state index is 0.352. The number of rotatable bonds is 5. The molecule has 1 aromatic heterocycles. The number of ether oxygens (including phenoxy) is 1. The zero-order valence-electron chi connectivity index (χ0n) is 12.2. The molecule has 1 aliphatic rings. The van der Waals surface area contributed by atoms with E-state index in [-0.39, 0.29) is 0 Å². The van der Waals surface area contributed by atoms with Crippen LogP contribution in [0, 0.1) is 5.92 Å². The molecule has 3 nitrogen and oxygen atoms in total. The monoisotopic (exact) mass is 326 g/mol. The van der Waals surface area contributed by atoms with Gasteiger partial charge in [0, 0.05) is 31.4 Å². The highest BCUT2D eigenvalue weighted by Crippen LogP contribution is 2.29. The molecule has 0 amide bonds. The van der Waals surface area contributed by atoms with Crippen LogP contribution in [-0.2, 0) is 17.7 Å². The first-order valence-electron chi connectivity index (χ1n) is 7.55. The fourth-order valence-corrected chi connectivity index (χ4v) is 3.61. The summed E-state index contributed by atoms with van der Waals surface area (Å²) in [6.07, 6.45) is 3.28. The fourth-order valence-electron chi connectivity index (χ4n) is 3.23. The van der Waals surface area contributed by atoms with Gasteiger partial charge in [0.1, 0.15) is 11.3 Å². The van der Waals surface area contributed by atoms with Crippen molar-refractivity contribution >= 4 is 34.2 Å². The highest BCUT2D eigenvalue weighted by molar-refractivity contribution is 6.34. The van der Waals surface area contributed by atoms with Crippen molar-refractivity contribution < 1.29 is 4.74 Å². The van der Waals surface area contributed by atoms with E-state index >= 15 is 0 Å². The van der Waals surface area contributed by atoms with Gasteiger partial charge in [-0.05, 0) is 25.0 Å². The van der Waals surface area contributed by atoms with E-state index in [1.165, 1.54) is 0 Å². The van der Waals surface area contributed by atoms with E-state index in [0.29, 0.717) is 22.9 Å². The lowest BCUT2D eigenvalue weighted by Gasteiger charge is -2.19. The van der Waals surface area contributed by atoms with Gasteiger partial charge in [0.05, 0.1) is 16.6 Å². The summed E-state index contributed by atoms with van der Waals surface area (Å²) in [5.41, 5.74) is 1.98. The Balaban J connectivity index is 1.99. The average molecular weight is 327 g/mol. The van der Waals surface area contributed by atoms with Crippen LogP contribution in [0.2, 0.25) is 5.02 Å². The molecule has 1 saturated heterocycles. The lowest BCUT2D eigenvalue weighted by molar-refractivity contribution is 0.0836. The lowest BCUT2D eigenvalue weighted by atomic mass is 9.99. The quantitative estimate of drug-likeness (QED) is 0.766. The van der Waals surface area contributed by atoms with Crippen molar-refractivity contribution in [2.45, 2.75) is 38.8 Å². The second-order valence-electron chi connectivity index (χ2n) is 5.55. The molecule has 0 spiro atoms. The maximum absolute atomic E-state index is 6.28. The molecular weight excluding hydrogens is 307 g/mol. The number of fused-ring (bicyclic) bond motifs is 1. The van der Waals surface area contributed by atoms with Gasteiger partial charge < -0.3 is 9.30 Å². The van der Waals surface area contributed by atoms with E-state index < -0.39 is 0 Å². The number of alkyl halides is 1. The molecule has 3 rings (SSSR count). The van der Waals surface area contributed by atoms with Gasteiger partial charge in [-0.25, -0.2) is 4.98 Å². The zero-order valence-corrected chi connectivity index (χ0v) is 13.7. The number of para-hydroxylation sites is 1. The molecule has 2 unspecified atom stereocenters. The molecule has 2 atom stereocenters. The first-order valence-corrected chi connectivity index (χ1v) is 8.47. The molecule has 2 aromatic rings. The lowest BCUT2D eigenvalue weighted by Crippen LogP contribution is -2.21. The molecule has 0 saturated carbocycles. The standard InChI is InChI=1S/C16H20Cl2N2O/c1-2-14-11(7-9-21-14)10-20-13-5-3-4-12(18)16(13)19-15(20)6-8-17/h3-5,11,14H,2,6-10H2,1H3. The number of nitrogens with zero attached hydrogens (tertiary/aromatic N) is 2. The van der Waals surface area contributed by atoms with Crippen molar-refractivity contribution in [1.29, 1.82) is 0 Å². The highest BCUT2D eigenvalue weighted by Gasteiger charge is 2.28. The third-order valence-corrected chi connectivity index (χ3v) is 4.79. The van der Waals surface area contributed by atoms with E-state index in [1.807, 2.05) is 12.1 Å². The Morgan fingerprint density at radius 2 is 2.29 bits per heavy atom. The number of aryl methyl sites for hydroxylation is 1. The summed E-state index contributed by atoms with van der Waals surface area (Å²) in [7, 11) is 0. The van der Waals surface area contributed by atoms with E-state index in [9.17, 15) is 0 Å². The summed E-state index contributed by atoms with van der Waals surface area (Å²) in [4.78, 5) is 4.70. The topological polar surface area (TPSA) is 27.1 Å². The Bertz CT molecular complexity index is 626. The Kier molecular flexibility index (Phi) is 4.72. The van der Waals surface area contributed by atoms with Crippen LogP contribution < -0.4 is 0 Å². The number of benzene rings is 1. The first kappa shape index (κ1) is 15.1. The molecule has 1 aliphatic heterocycles. The number of hydrogen-bond acceptors (Lipinski definition) is 2. The summed E-state index contributed by atoms with van der Waals surface area (Å²) >= 11 is 12.2. The Hall–Kier alpha value is -0.770. The van der Waals surface area contributed by atoms with Gasteiger partial charge >= 0.3 is 0 Å². The van der Waals surface area contributed by atoms with Crippen molar-refractivity contribution in [3.8, 4) is 0 Å². The number of halogens is 2. The van der Waals surface area contributed by atoms with Gasteiger partial charge in [0.25, 0.3) is 0 Å².